The molecule has 7 atom stereocenters. The molecule has 2 amide bonds. The number of aromatic nitrogens is 6. The summed E-state index contributed by atoms with van der Waals surface area (Å²) in [5.41, 5.74) is -2.50. The molecule has 8 rings (SSSR count). The molecule has 60 heavy (non-hydrogen) atoms. The molecule has 4 aromatic heterocycles. The maximum Gasteiger partial charge on any atom is 0.256 e. The van der Waals surface area contributed by atoms with Gasteiger partial charge in [-0.2, -0.15) is 0 Å². The molecule has 6 aromatic rings. The van der Waals surface area contributed by atoms with Gasteiger partial charge in [0.1, 0.15) is 41.3 Å². The summed E-state index contributed by atoms with van der Waals surface area (Å²) in [6, 6.07) is 20.7. The number of halogens is 2. The van der Waals surface area contributed by atoms with E-state index in [-0.39, 0.29) is 33.5 Å². The predicted octanol–water partition coefficient (Wildman–Crippen LogP) is 4.27. The Bertz CT molecular complexity index is 2730. The standard InChI is InChI=1S/C21H18FIN4O4.C21H18N4O4/c1-2-9-20(30)18(29)21(22,11-23)31-19(20)27-10-8-14-15(24-12-25-16(14)27)26-17(28)13-6-4-3-5-7-13;1-3-10-21(28)16(26)13(2)29-20(21)25-11-9-15-17(22-12-23-18(15)25)24-19(27)14-7-5-4-6-8-14/h3-8,10,12,18-19,29-30H,11H2,1H3,(H,24,25,26,28);4-9,11-12,16,20,26,28H,2H2,1H3,(H,22,23,24,27)/t18-,19+,20+,21+;16-,20-,21-/m01/s1. The highest BCUT2D eigenvalue weighted by Crippen LogP contribution is 2.47. The summed E-state index contributed by atoms with van der Waals surface area (Å²) in [6.45, 7) is 6.66. The molecule has 2 saturated heterocycles. The molecule has 16 nitrogen and oxygen atoms in total. The molecule has 2 aliphatic rings. The van der Waals surface area contributed by atoms with E-state index in [2.05, 4.69) is 60.8 Å². The maximum absolute atomic E-state index is 15.1. The van der Waals surface area contributed by atoms with Crippen LogP contribution >= 0.6 is 22.6 Å². The average molecular weight is 927 g/mol. The van der Waals surface area contributed by atoms with Crippen molar-refractivity contribution in [3.63, 3.8) is 0 Å². The summed E-state index contributed by atoms with van der Waals surface area (Å²) in [4.78, 5) is 41.8. The van der Waals surface area contributed by atoms with Crippen LogP contribution in [0.15, 0.2) is 110 Å². The molecule has 0 unspecified atom stereocenters. The number of anilines is 2. The number of amides is 2. The minimum Gasteiger partial charge on any atom is -0.468 e. The quantitative estimate of drug-likeness (QED) is 0.0752. The number of fused-ring (bicyclic) bond motifs is 2. The normalized spacial score (nSPS) is 25.6. The number of alkyl halides is 2. The number of hydrogen-bond acceptors (Lipinski definition) is 12. The zero-order valence-corrected chi connectivity index (χ0v) is 34.0. The molecular weight excluding hydrogens is 890 g/mol. The fourth-order valence-corrected chi connectivity index (χ4v) is 7.44. The molecule has 2 fully saturated rings. The molecule has 0 aliphatic carbocycles. The lowest BCUT2D eigenvalue weighted by molar-refractivity contribution is -0.167. The van der Waals surface area contributed by atoms with Crippen LogP contribution in [0, 0.1) is 23.7 Å². The van der Waals surface area contributed by atoms with Gasteiger partial charge in [-0.1, -0.05) is 77.4 Å². The predicted molar refractivity (Wildman–Crippen MR) is 225 cm³/mol. The van der Waals surface area contributed by atoms with Gasteiger partial charge in [0, 0.05) is 23.5 Å². The lowest BCUT2D eigenvalue weighted by atomic mass is 9.94. The third-order valence-corrected chi connectivity index (χ3v) is 10.8. The minimum atomic E-state index is -2.50. The first-order valence-corrected chi connectivity index (χ1v) is 19.6. The summed E-state index contributed by atoms with van der Waals surface area (Å²) in [5.74, 6) is 7.61. The van der Waals surface area contributed by atoms with Gasteiger partial charge in [0.25, 0.3) is 11.8 Å². The summed E-state index contributed by atoms with van der Waals surface area (Å²) < 4.78 is 28.9. The number of carbonyl (C=O) groups is 2. The molecule has 2 aromatic carbocycles. The number of rotatable bonds is 7. The second kappa shape index (κ2) is 16.8. The van der Waals surface area contributed by atoms with Crippen molar-refractivity contribution in [1.82, 2.24) is 29.1 Å². The molecule has 0 radical (unpaired) electrons. The van der Waals surface area contributed by atoms with Crippen molar-refractivity contribution in [3.05, 3.63) is 121 Å². The van der Waals surface area contributed by atoms with E-state index in [1.165, 1.54) is 34.9 Å². The number of aliphatic hydroxyl groups is 4. The average Bonchev–Trinajstić information content (AvgIpc) is 3.99. The number of nitrogens with zero attached hydrogens (tertiary/aromatic N) is 6. The number of nitrogens with one attached hydrogen (secondary N) is 2. The Morgan fingerprint density at radius 1 is 0.783 bits per heavy atom. The van der Waals surface area contributed by atoms with Crippen molar-refractivity contribution in [1.29, 1.82) is 0 Å². The first-order chi connectivity index (χ1) is 28.8. The lowest BCUT2D eigenvalue weighted by Crippen LogP contribution is -2.49. The number of ether oxygens (including phenoxy) is 2. The van der Waals surface area contributed by atoms with Crippen LogP contribution in [0.25, 0.3) is 22.1 Å². The summed E-state index contributed by atoms with van der Waals surface area (Å²) in [7, 11) is 0. The van der Waals surface area contributed by atoms with Gasteiger partial charge in [-0.15, -0.1) is 11.8 Å². The van der Waals surface area contributed by atoms with Crippen molar-refractivity contribution in [2.24, 2.45) is 0 Å². The molecule has 2 aliphatic heterocycles. The second-order valence-corrected chi connectivity index (χ2v) is 14.3. The Kier molecular flexibility index (Phi) is 11.7. The topological polar surface area (TPSA) is 219 Å². The van der Waals surface area contributed by atoms with E-state index in [4.69, 9.17) is 9.47 Å². The van der Waals surface area contributed by atoms with Crippen LogP contribution < -0.4 is 10.6 Å². The fourth-order valence-electron chi connectivity index (χ4n) is 6.84. The van der Waals surface area contributed by atoms with Crippen molar-refractivity contribution in [3.8, 4) is 23.7 Å². The van der Waals surface area contributed by atoms with Gasteiger partial charge in [0.05, 0.1) is 15.2 Å². The molecule has 0 bridgehead atoms. The SMILES string of the molecule is C=C1O[C@@H](n2ccc3c(NC(=O)c4ccccc4)ncnc32)[C@@](O)(C#CC)[C@@H]1O.CC#C[C@]1(O)[C@H](n2ccc3c(NC(=O)c4ccccc4)ncnc32)O[C@](F)(CI)[C@H]1O. The van der Waals surface area contributed by atoms with E-state index in [1.54, 1.807) is 102 Å². The van der Waals surface area contributed by atoms with E-state index in [0.717, 1.165) is 0 Å². The van der Waals surface area contributed by atoms with Crippen LogP contribution in [0.2, 0.25) is 0 Å². The van der Waals surface area contributed by atoms with Gasteiger partial charge in [0.15, 0.2) is 18.4 Å². The lowest BCUT2D eigenvalue weighted by Gasteiger charge is -2.26. The van der Waals surface area contributed by atoms with Gasteiger partial charge in [-0.25, -0.2) is 24.3 Å². The first-order valence-electron chi connectivity index (χ1n) is 18.1. The van der Waals surface area contributed by atoms with E-state index in [1.807, 2.05) is 6.07 Å². The van der Waals surface area contributed by atoms with Crippen LogP contribution in [-0.2, 0) is 9.47 Å². The molecule has 0 saturated carbocycles. The zero-order chi connectivity index (χ0) is 42.8. The number of carbonyl (C=O) groups excluding carboxylic acids is 2. The van der Waals surface area contributed by atoms with Gasteiger partial charge in [-0.05, 0) is 50.2 Å². The number of aliphatic hydroxyl groups excluding tert-OH is 2. The Morgan fingerprint density at radius 2 is 1.25 bits per heavy atom. The second-order valence-electron chi connectivity index (χ2n) is 13.5. The Hall–Kier alpha value is -6.26. The van der Waals surface area contributed by atoms with E-state index in [0.29, 0.717) is 33.4 Å². The molecule has 6 N–H and O–H groups in total. The number of hydrogen-bond donors (Lipinski definition) is 6. The van der Waals surface area contributed by atoms with Gasteiger partial charge in [0.2, 0.25) is 23.3 Å². The fraction of sp³-hybridized carbons (Fsp3) is 0.238. The van der Waals surface area contributed by atoms with E-state index in [9.17, 15) is 30.0 Å². The Labute approximate surface area is 355 Å². The zero-order valence-electron chi connectivity index (χ0n) is 31.8. The highest BCUT2D eigenvalue weighted by Gasteiger charge is 2.64. The van der Waals surface area contributed by atoms with Gasteiger partial charge >= 0.3 is 0 Å². The maximum atomic E-state index is 15.1. The third-order valence-electron chi connectivity index (χ3n) is 9.76. The molecule has 306 valence electrons. The molecule has 0 spiro atoms. The van der Waals surface area contributed by atoms with E-state index < -0.39 is 41.7 Å². The minimum absolute atomic E-state index is 0.00811. The van der Waals surface area contributed by atoms with Crippen LogP contribution in [0.4, 0.5) is 16.0 Å². The molecular formula is C42H36FIN8O8. The molecule has 6 heterocycles. The third kappa shape index (κ3) is 7.45. The number of benzene rings is 2. The monoisotopic (exact) mass is 926 g/mol. The van der Waals surface area contributed by atoms with Crippen LogP contribution in [0.5, 0.6) is 0 Å². The Balaban J connectivity index is 0.000000182. The van der Waals surface area contributed by atoms with Gasteiger partial charge < -0.3 is 45.1 Å². The van der Waals surface area contributed by atoms with Crippen molar-refractivity contribution < 1.29 is 43.9 Å². The highest BCUT2D eigenvalue weighted by molar-refractivity contribution is 14.1. The van der Waals surface area contributed by atoms with Crippen molar-refractivity contribution in [2.75, 3.05) is 15.1 Å². The van der Waals surface area contributed by atoms with Crippen molar-refractivity contribution in [2.45, 2.75) is 55.6 Å². The van der Waals surface area contributed by atoms with Crippen LogP contribution in [-0.4, -0.2) is 95.0 Å². The largest absolute Gasteiger partial charge is 0.468 e. The van der Waals surface area contributed by atoms with Gasteiger partial charge in [-0.3, -0.25) is 14.2 Å². The summed E-state index contributed by atoms with van der Waals surface area (Å²) in [5, 5.41) is 49.3. The van der Waals surface area contributed by atoms with Crippen LogP contribution in [0.1, 0.15) is 47.0 Å². The Morgan fingerprint density at radius 3 is 1.72 bits per heavy atom. The van der Waals surface area contributed by atoms with Crippen LogP contribution in [0.3, 0.4) is 0 Å². The van der Waals surface area contributed by atoms with E-state index >= 15 is 4.39 Å². The molecule has 18 heteroatoms. The summed E-state index contributed by atoms with van der Waals surface area (Å²) in [6.07, 6.45) is -0.0586. The smallest absolute Gasteiger partial charge is 0.256 e. The highest BCUT2D eigenvalue weighted by atomic mass is 127. The van der Waals surface area contributed by atoms with Crippen molar-refractivity contribution >= 4 is 68.1 Å². The first kappa shape index (κ1) is 41.9. The summed E-state index contributed by atoms with van der Waals surface area (Å²) >= 11 is 1.73.